The van der Waals surface area contributed by atoms with Crippen LogP contribution in [-0.2, 0) is 33.5 Å². The molecule has 6 amide bonds. The Morgan fingerprint density at radius 1 is 0.964 bits per heavy atom. The third-order valence-electron chi connectivity index (χ3n) is 9.46. The maximum atomic E-state index is 14.3. The standard InChI is InChI=1S/C40H54N6O9/c1-7-14-29(33(48)37(51)41-23-31(47)43-32(38(52)45(5)6)25-15-9-8-10-16-25)42-36(50)30-22-28-24-46(30)39(53)34(40(2,3)4)44-35(49)26-17-13-18-27(21-26)54-19-11-12-20-55-28/h8-10,13,15-18,21,28-30,32,34H,7,11-12,14,19-20,22-24H2,1-6H3,(H,41,51)(H,42,50)(H,43,47)(H,44,49)/t28-,29-,30+,32+,34-/m1/s1. The molecule has 4 N–H and O–H groups in total. The van der Waals surface area contributed by atoms with Crippen LogP contribution in [0.1, 0.15) is 81.8 Å². The Bertz CT molecular complexity index is 1710. The minimum atomic E-state index is -1.25. The second-order valence-corrected chi connectivity index (χ2v) is 15.1. The van der Waals surface area contributed by atoms with Crippen molar-refractivity contribution in [3.05, 3.63) is 65.7 Å². The average Bonchev–Trinajstić information content (AvgIpc) is 3.59. The number of benzene rings is 2. The van der Waals surface area contributed by atoms with Gasteiger partial charge >= 0.3 is 0 Å². The summed E-state index contributed by atoms with van der Waals surface area (Å²) in [5, 5.41) is 10.5. The Hall–Kier alpha value is -5.31. The van der Waals surface area contributed by atoms with Gasteiger partial charge in [0.05, 0.1) is 25.3 Å². The Morgan fingerprint density at radius 3 is 2.35 bits per heavy atom. The van der Waals surface area contributed by atoms with Crippen LogP contribution in [0.15, 0.2) is 54.6 Å². The van der Waals surface area contributed by atoms with Gasteiger partial charge in [-0.1, -0.05) is 70.5 Å². The number of likely N-dealkylation sites (N-methyl/N-ethyl adjacent to an activating group) is 1. The van der Waals surface area contributed by atoms with Gasteiger partial charge in [0.1, 0.15) is 23.9 Å². The van der Waals surface area contributed by atoms with Crippen LogP contribution < -0.4 is 26.0 Å². The minimum Gasteiger partial charge on any atom is -0.494 e. The molecule has 2 aromatic rings. The Morgan fingerprint density at radius 2 is 1.67 bits per heavy atom. The molecular formula is C40H54N6O9. The quantitative estimate of drug-likeness (QED) is 0.248. The maximum absolute atomic E-state index is 14.3. The van der Waals surface area contributed by atoms with Gasteiger partial charge in [-0.05, 0) is 48.4 Å². The molecule has 0 spiro atoms. The summed E-state index contributed by atoms with van der Waals surface area (Å²) in [6, 6.07) is 10.9. The molecule has 4 rings (SSSR count). The lowest BCUT2D eigenvalue weighted by Gasteiger charge is -2.35. The van der Waals surface area contributed by atoms with Gasteiger partial charge in [-0.2, -0.15) is 0 Å². The highest BCUT2D eigenvalue weighted by Gasteiger charge is 2.46. The van der Waals surface area contributed by atoms with Crippen LogP contribution >= 0.6 is 0 Å². The van der Waals surface area contributed by atoms with Gasteiger partial charge in [-0.25, -0.2) is 0 Å². The zero-order chi connectivity index (χ0) is 40.3. The smallest absolute Gasteiger partial charge is 0.290 e. The molecule has 0 aliphatic carbocycles. The predicted molar refractivity (Wildman–Crippen MR) is 203 cm³/mol. The molecule has 1 saturated heterocycles. The molecular weight excluding hydrogens is 708 g/mol. The average molecular weight is 763 g/mol. The van der Waals surface area contributed by atoms with E-state index in [2.05, 4.69) is 21.3 Å². The molecule has 2 aliphatic rings. The van der Waals surface area contributed by atoms with Gasteiger partial charge in [0.25, 0.3) is 11.8 Å². The van der Waals surface area contributed by atoms with Crippen LogP contribution in [0.3, 0.4) is 0 Å². The fourth-order valence-corrected chi connectivity index (χ4v) is 6.45. The molecule has 5 atom stereocenters. The van der Waals surface area contributed by atoms with E-state index in [9.17, 15) is 33.6 Å². The summed E-state index contributed by atoms with van der Waals surface area (Å²) in [7, 11) is 3.11. The van der Waals surface area contributed by atoms with Crippen LogP contribution in [-0.4, -0.2) is 116 Å². The van der Waals surface area contributed by atoms with Gasteiger partial charge in [0.2, 0.25) is 29.4 Å². The molecule has 0 aromatic heterocycles. The zero-order valence-electron chi connectivity index (χ0n) is 32.5. The number of fused-ring (bicyclic) bond motifs is 4. The third kappa shape index (κ3) is 11.6. The zero-order valence-corrected chi connectivity index (χ0v) is 32.5. The van der Waals surface area contributed by atoms with E-state index in [1.165, 1.54) is 9.80 Å². The summed E-state index contributed by atoms with van der Waals surface area (Å²) in [5.74, 6) is -4.23. The van der Waals surface area contributed by atoms with Gasteiger partial charge in [-0.3, -0.25) is 33.6 Å². The number of nitrogens with one attached hydrogen (secondary N) is 4. The summed E-state index contributed by atoms with van der Waals surface area (Å²) >= 11 is 0. The number of Topliss-reactive ketones (excluding diaryl/α,β-unsaturated/α-hetero) is 1. The second kappa shape index (κ2) is 19.3. The van der Waals surface area contributed by atoms with E-state index in [0.29, 0.717) is 49.4 Å². The van der Waals surface area contributed by atoms with Crippen LogP contribution in [0.2, 0.25) is 0 Å². The molecule has 298 valence electrons. The summed E-state index contributed by atoms with van der Waals surface area (Å²) in [6.45, 7) is 7.47. The number of nitrogens with zero attached hydrogens (tertiary/aromatic N) is 2. The van der Waals surface area contributed by atoms with Crippen molar-refractivity contribution in [2.75, 3.05) is 40.4 Å². The monoisotopic (exact) mass is 762 g/mol. The van der Waals surface area contributed by atoms with E-state index in [0.717, 1.165) is 0 Å². The van der Waals surface area contributed by atoms with Crippen molar-refractivity contribution in [2.45, 2.75) is 90.1 Å². The lowest BCUT2D eigenvalue weighted by molar-refractivity contribution is -0.144. The van der Waals surface area contributed by atoms with Crippen LogP contribution in [0.5, 0.6) is 5.75 Å². The third-order valence-corrected chi connectivity index (χ3v) is 9.46. The summed E-state index contributed by atoms with van der Waals surface area (Å²) < 4.78 is 11.9. The van der Waals surface area contributed by atoms with Crippen LogP contribution in [0.4, 0.5) is 0 Å². The number of ether oxygens (including phenoxy) is 2. The predicted octanol–water partition coefficient (Wildman–Crippen LogP) is 1.91. The highest BCUT2D eigenvalue weighted by atomic mass is 16.5. The van der Waals surface area contributed by atoms with Gasteiger partial charge in [0.15, 0.2) is 0 Å². The molecule has 15 heteroatoms. The van der Waals surface area contributed by atoms with E-state index in [1.54, 1.807) is 75.6 Å². The highest BCUT2D eigenvalue weighted by molar-refractivity contribution is 6.38. The van der Waals surface area contributed by atoms with Crippen LogP contribution in [0.25, 0.3) is 0 Å². The first-order valence-corrected chi connectivity index (χ1v) is 18.7. The Balaban J connectivity index is 1.48. The Kier molecular flexibility index (Phi) is 14.9. The summed E-state index contributed by atoms with van der Waals surface area (Å²) in [5.41, 5.74) is 0.0939. The SMILES string of the molecule is CCC[C@@H](NC(=O)[C@@H]1C[C@@H]2CN1C(=O)[C@H](C(C)(C)C)NC(=O)c1cccc(c1)OCCCCO2)C(=O)C(=O)NCC(=O)N[C@H](C(=O)N(C)C)c1ccccc1. The number of hydrogen-bond acceptors (Lipinski definition) is 9. The van der Waals surface area contributed by atoms with Crippen molar-refractivity contribution < 1.29 is 43.0 Å². The van der Waals surface area contributed by atoms with Crippen LogP contribution in [0, 0.1) is 5.41 Å². The molecule has 55 heavy (non-hydrogen) atoms. The van der Waals surface area contributed by atoms with E-state index in [4.69, 9.17) is 9.47 Å². The van der Waals surface area contributed by atoms with E-state index < -0.39 is 77.6 Å². The van der Waals surface area contributed by atoms with E-state index in [1.807, 2.05) is 20.8 Å². The number of hydrogen-bond donors (Lipinski definition) is 4. The number of carbonyl (C=O) groups excluding carboxylic acids is 7. The number of amides is 6. The lowest BCUT2D eigenvalue weighted by atomic mass is 9.85. The molecule has 2 heterocycles. The van der Waals surface area contributed by atoms with Crippen molar-refractivity contribution in [3.63, 3.8) is 0 Å². The fraction of sp³-hybridized carbons (Fsp3) is 0.525. The number of ketones is 1. The fourth-order valence-electron chi connectivity index (χ4n) is 6.45. The molecule has 15 nitrogen and oxygen atoms in total. The molecule has 0 radical (unpaired) electrons. The molecule has 2 aromatic carbocycles. The first-order chi connectivity index (χ1) is 26.1. The molecule has 0 saturated carbocycles. The molecule has 2 aliphatic heterocycles. The highest BCUT2D eigenvalue weighted by Crippen LogP contribution is 2.28. The number of carbonyl (C=O) groups is 7. The number of rotatable bonds is 11. The molecule has 4 bridgehead atoms. The van der Waals surface area contributed by atoms with Crippen molar-refractivity contribution in [2.24, 2.45) is 5.41 Å². The molecule has 1 fully saturated rings. The van der Waals surface area contributed by atoms with Crippen molar-refractivity contribution >= 4 is 41.2 Å². The van der Waals surface area contributed by atoms with Crippen molar-refractivity contribution in [1.29, 1.82) is 0 Å². The van der Waals surface area contributed by atoms with Gasteiger partial charge in [0, 0.05) is 39.2 Å². The maximum Gasteiger partial charge on any atom is 0.290 e. The first kappa shape index (κ1) is 42.4. The normalized spacial score (nSPS) is 20.3. The largest absolute Gasteiger partial charge is 0.494 e. The summed E-state index contributed by atoms with van der Waals surface area (Å²) in [6.07, 6.45) is 1.50. The van der Waals surface area contributed by atoms with Crippen molar-refractivity contribution in [1.82, 2.24) is 31.1 Å². The lowest BCUT2D eigenvalue weighted by Crippen LogP contribution is -2.59. The van der Waals surface area contributed by atoms with Gasteiger partial charge in [-0.15, -0.1) is 0 Å². The summed E-state index contributed by atoms with van der Waals surface area (Å²) in [4.78, 5) is 96.8. The Labute approximate surface area is 322 Å². The minimum absolute atomic E-state index is 0.0770. The first-order valence-electron chi connectivity index (χ1n) is 18.7. The van der Waals surface area contributed by atoms with E-state index >= 15 is 0 Å². The topological polar surface area (TPSA) is 193 Å². The van der Waals surface area contributed by atoms with Crippen molar-refractivity contribution in [3.8, 4) is 5.75 Å². The molecule has 0 unspecified atom stereocenters. The van der Waals surface area contributed by atoms with Gasteiger partial charge < -0.3 is 40.5 Å². The second-order valence-electron chi connectivity index (χ2n) is 15.1. The van der Waals surface area contributed by atoms with E-state index in [-0.39, 0.29) is 25.3 Å².